The zero-order chi connectivity index (χ0) is 14.4. The molecule has 0 amide bonds. The SMILES string of the molecule is O=c1[nH]c(-c2ccc(Cl)cc2)cc2c1[nH]c1ccccc12. The van der Waals surface area contributed by atoms with E-state index >= 15 is 0 Å². The van der Waals surface area contributed by atoms with Crippen LogP contribution in [0.1, 0.15) is 0 Å². The summed E-state index contributed by atoms with van der Waals surface area (Å²) in [6.07, 6.45) is 0. The lowest BCUT2D eigenvalue weighted by Gasteiger charge is -2.02. The second-order valence-electron chi connectivity index (χ2n) is 4.98. The number of nitrogens with one attached hydrogen (secondary N) is 2. The van der Waals surface area contributed by atoms with Crippen molar-refractivity contribution >= 4 is 33.4 Å². The van der Waals surface area contributed by atoms with E-state index in [1.54, 1.807) is 0 Å². The minimum absolute atomic E-state index is 0.117. The second kappa shape index (κ2) is 4.50. The van der Waals surface area contributed by atoms with Crippen LogP contribution in [-0.2, 0) is 0 Å². The molecule has 21 heavy (non-hydrogen) atoms. The fourth-order valence-electron chi connectivity index (χ4n) is 2.64. The van der Waals surface area contributed by atoms with Crippen LogP contribution in [0.25, 0.3) is 33.1 Å². The number of hydrogen-bond donors (Lipinski definition) is 2. The van der Waals surface area contributed by atoms with Gasteiger partial charge in [-0.3, -0.25) is 4.79 Å². The van der Waals surface area contributed by atoms with Crippen LogP contribution in [0.3, 0.4) is 0 Å². The van der Waals surface area contributed by atoms with Crippen molar-refractivity contribution in [2.45, 2.75) is 0 Å². The highest BCUT2D eigenvalue weighted by atomic mass is 35.5. The molecule has 0 fully saturated rings. The summed E-state index contributed by atoms with van der Waals surface area (Å²) in [4.78, 5) is 18.4. The van der Waals surface area contributed by atoms with Gasteiger partial charge in [0.25, 0.3) is 5.56 Å². The number of para-hydroxylation sites is 1. The quantitative estimate of drug-likeness (QED) is 0.539. The lowest BCUT2D eigenvalue weighted by Crippen LogP contribution is -2.06. The van der Waals surface area contributed by atoms with Crippen molar-refractivity contribution in [2.24, 2.45) is 0 Å². The number of benzene rings is 2. The summed E-state index contributed by atoms with van der Waals surface area (Å²) in [5.41, 5.74) is 3.17. The van der Waals surface area contributed by atoms with E-state index in [1.165, 1.54) is 0 Å². The largest absolute Gasteiger partial charge is 0.350 e. The van der Waals surface area contributed by atoms with Crippen LogP contribution < -0.4 is 5.56 Å². The van der Waals surface area contributed by atoms with Crippen molar-refractivity contribution in [3.05, 3.63) is 70.0 Å². The summed E-state index contributed by atoms with van der Waals surface area (Å²) in [6, 6.07) is 17.3. The molecule has 2 aromatic heterocycles. The highest BCUT2D eigenvalue weighted by Crippen LogP contribution is 2.27. The summed E-state index contributed by atoms with van der Waals surface area (Å²) in [5.74, 6) is 0. The number of hydrogen-bond acceptors (Lipinski definition) is 1. The van der Waals surface area contributed by atoms with Gasteiger partial charge in [0.2, 0.25) is 0 Å². The predicted molar refractivity (Wildman–Crippen MR) is 86.9 cm³/mol. The molecule has 3 nitrogen and oxygen atoms in total. The third-order valence-electron chi connectivity index (χ3n) is 3.67. The Morgan fingerprint density at radius 3 is 2.43 bits per heavy atom. The summed E-state index contributed by atoms with van der Waals surface area (Å²) in [7, 11) is 0. The van der Waals surface area contributed by atoms with Crippen LogP contribution in [0.5, 0.6) is 0 Å². The van der Waals surface area contributed by atoms with Gasteiger partial charge in [0.15, 0.2) is 0 Å². The van der Waals surface area contributed by atoms with Gasteiger partial charge in [-0.05, 0) is 29.8 Å². The molecule has 0 unspecified atom stereocenters. The van der Waals surface area contributed by atoms with Gasteiger partial charge in [0, 0.05) is 27.0 Å². The zero-order valence-corrected chi connectivity index (χ0v) is 11.7. The van der Waals surface area contributed by atoms with Gasteiger partial charge >= 0.3 is 0 Å². The summed E-state index contributed by atoms with van der Waals surface area (Å²) in [6.45, 7) is 0. The Labute approximate surface area is 125 Å². The van der Waals surface area contributed by atoms with Crippen molar-refractivity contribution in [3.63, 3.8) is 0 Å². The Kier molecular flexibility index (Phi) is 2.62. The van der Waals surface area contributed by atoms with Crippen molar-refractivity contribution in [1.29, 1.82) is 0 Å². The van der Waals surface area contributed by atoms with Gasteiger partial charge in [-0.2, -0.15) is 0 Å². The van der Waals surface area contributed by atoms with Crippen LogP contribution in [0.15, 0.2) is 59.4 Å². The van der Waals surface area contributed by atoms with Crippen LogP contribution in [-0.4, -0.2) is 9.97 Å². The van der Waals surface area contributed by atoms with E-state index in [4.69, 9.17) is 11.6 Å². The molecule has 4 heteroatoms. The van der Waals surface area contributed by atoms with Gasteiger partial charge in [0.05, 0.1) is 0 Å². The third kappa shape index (κ3) is 1.94. The molecule has 0 spiro atoms. The monoisotopic (exact) mass is 294 g/mol. The number of aromatic amines is 2. The highest BCUT2D eigenvalue weighted by molar-refractivity contribution is 6.30. The van der Waals surface area contributed by atoms with E-state index in [0.717, 1.165) is 27.5 Å². The minimum Gasteiger partial charge on any atom is -0.350 e. The third-order valence-corrected chi connectivity index (χ3v) is 3.92. The molecule has 0 saturated carbocycles. The molecule has 2 heterocycles. The average molecular weight is 295 g/mol. The first kappa shape index (κ1) is 12.2. The van der Waals surface area contributed by atoms with E-state index in [2.05, 4.69) is 9.97 Å². The Morgan fingerprint density at radius 1 is 0.857 bits per heavy atom. The maximum absolute atomic E-state index is 12.3. The number of fused-ring (bicyclic) bond motifs is 3. The van der Waals surface area contributed by atoms with Gasteiger partial charge in [-0.1, -0.05) is 41.9 Å². The van der Waals surface area contributed by atoms with E-state index in [9.17, 15) is 4.79 Å². The topological polar surface area (TPSA) is 48.6 Å². The number of rotatable bonds is 1. The molecule has 0 saturated heterocycles. The number of H-pyrrole nitrogens is 2. The average Bonchev–Trinajstić information content (AvgIpc) is 2.87. The van der Waals surface area contributed by atoms with Crippen LogP contribution >= 0.6 is 11.6 Å². The molecule has 0 bridgehead atoms. The van der Waals surface area contributed by atoms with Gasteiger partial charge in [0.1, 0.15) is 5.52 Å². The van der Waals surface area contributed by atoms with Crippen molar-refractivity contribution < 1.29 is 0 Å². The maximum atomic E-state index is 12.3. The molecule has 0 atom stereocenters. The molecule has 0 aliphatic heterocycles. The second-order valence-corrected chi connectivity index (χ2v) is 5.41. The van der Waals surface area contributed by atoms with Crippen LogP contribution in [0.4, 0.5) is 0 Å². The predicted octanol–water partition coefficient (Wildman–Crippen LogP) is 4.33. The fourth-order valence-corrected chi connectivity index (χ4v) is 2.77. The number of halogens is 1. The molecule has 4 rings (SSSR count). The Balaban J connectivity index is 2.05. The van der Waals surface area contributed by atoms with E-state index in [0.29, 0.717) is 10.5 Å². The summed E-state index contributed by atoms with van der Waals surface area (Å²) < 4.78 is 0. The first-order valence-corrected chi connectivity index (χ1v) is 7.00. The summed E-state index contributed by atoms with van der Waals surface area (Å²) in [5, 5.41) is 2.65. The van der Waals surface area contributed by atoms with Crippen molar-refractivity contribution in [2.75, 3.05) is 0 Å². The molecule has 4 aromatic rings. The molecule has 2 aromatic carbocycles. The Hall–Kier alpha value is -2.52. The first-order valence-electron chi connectivity index (χ1n) is 6.62. The number of aromatic nitrogens is 2. The van der Waals surface area contributed by atoms with Crippen molar-refractivity contribution in [3.8, 4) is 11.3 Å². The first-order chi connectivity index (χ1) is 10.2. The van der Waals surface area contributed by atoms with Crippen molar-refractivity contribution in [1.82, 2.24) is 9.97 Å². The van der Waals surface area contributed by atoms with E-state index in [1.807, 2.05) is 54.6 Å². The standard InChI is InChI=1S/C17H11ClN2O/c18-11-7-5-10(6-8-11)15-9-13-12-3-1-2-4-14(12)19-16(13)17(21)20-15/h1-9,19H,(H,20,21). The lowest BCUT2D eigenvalue weighted by molar-refractivity contribution is 1.26. The fraction of sp³-hybridized carbons (Fsp3) is 0. The molecular weight excluding hydrogens is 284 g/mol. The molecule has 0 radical (unpaired) electrons. The maximum Gasteiger partial charge on any atom is 0.272 e. The molecule has 0 aliphatic rings. The van der Waals surface area contributed by atoms with Crippen LogP contribution in [0, 0.1) is 0 Å². The zero-order valence-electron chi connectivity index (χ0n) is 11.0. The smallest absolute Gasteiger partial charge is 0.272 e. The molecule has 0 aliphatic carbocycles. The normalized spacial score (nSPS) is 11.3. The Morgan fingerprint density at radius 2 is 1.62 bits per heavy atom. The minimum atomic E-state index is -0.117. The van der Waals surface area contributed by atoms with Gasteiger partial charge < -0.3 is 9.97 Å². The van der Waals surface area contributed by atoms with Gasteiger partial charge in [-0.15, -0.1) is 0 Å². The molecular formula is C17H11ClN2O. The number of pyridine rings is 1. The van der Waals surface area contributed by atoms with E-state index in [-0.39, 0.29) is 5.56 Å². The Bertz CT molecular complexity index is 1010. The molecule has 2 N–H and O–H groups in total. The highest BCUT2D eigenvalue weighted by Gasteiger charge is 2.09. The molecule has 102 valence electrons. The summed E-state index contributed by atoms with van der Waals surface area (Å²) >= 11 is 5.91. The van der Waals surface area contributed by atoms with Gasteiger partial charge in [-0.25, -0.2) is 0 Å². The van der Waals surface area contributed by atoms with E-state index < -0.39 is 0 Å². The van der Waals surface area contributed by atoms with Crippen LogP contribution in [0.2, 0.25) is 5.02 Å². The lowest BCUT2D eigenvalue weighted by atomic mass is 10.1.